The first-order valence-corrected chi connectivity index (χ1v) is 16.1. The van der Waals surface area contributed by atoms with Crippen LogP contribution in [0.4, 0.5) is 17.1 Å². The van der Waals surface area contributed by atoms with Crippen LogP contribution in [0.1, 0.15) is 62.8 Å². The Balaban J connectivity index is 0.000000164. The van der Waals surface area contributed by atoms with Crippen LogP contribution in [0.5, 0.6) is 5.75 Å². The van der Waals surface area contributed by atoms with E-state index in [2.05, 4.69) is 85.0 Å². The van der Waals surface area contributed by atoms with E-state index in [1.807, 2.05) is 48.7 Å². The molecule has 4 aliphatic heterocycles. The molecule has 3 aromatic rings. The van der Waals surface area contributed by atoms with Crippen LogP contribution < -0.4 is 14.5 Å². The van der Waals surface area contributed by atoms with Crippen molar-refractivity contribution in [3.8, 4) is 17.9 Å². The summed E-state index contributed by atoms with van der Waals surface area (Å²) in [5.74, 6) is 0.852. The van der Waals surface area contributed by atoms with Gasteiger partial charge in [-0.25, -0.2) is 0 Å². The summed E-state index contributed by atoms with van der Waals surface area (Å²) in [6, 6.07) is 24.9. The van der Waals surface area contributed by atoms with Crippen molar-refractivity contribution in [2.24, 2.45) is 4.99 Å². The van der Waals surface area contributed by atoms with Gasteiger partial charge in [0.1, 0.15) is 23.5 Å². The van der Waals surface area contributed by atoms with Gasteiger partial charge in [0.25, 0.3) is 0 Å². The highest BCUT2D eigenvalue weighted by Crippen LogP contribution is 2.52. The average Bonchev–Trinajstić information content (AvgIpc) is 3.43. The molecule has 46 heavy (non-hydrogen) atoms. The highest BCUT2D eigenvalue weighted by Gasteiger charge is 2.43. The molecule has 0 N–H and O–H groups in total. The number of hydrogen-bond acceptors (Lipinski definition) is 6. The molecule has 0 spiro atoms. The molecule has 0 radical (unpaired) electrons. The smallest absolute Gasteiger partial charge is 0.129 e. The van der Waals surface area contributed by atoms with Gasteiger partial charge in [0.2, 0.25) is 0 Å². The van der Waals surface area contributed by atoms with Crippen LogP contribution in [-0.4, -0.2) is 26.4 Å². The lowest BCUT2D eigenvalue weighted by atomic mass is 9.83. The van der Waals surface area contributed by atoms with Gasteiger partial charge in [-0.05, 0) is 90.4 Å². The molecule has 6 heteroatoms. The number of anilines is 2. The minimum absolute atomic E-state index is 0.0155. The van der Waals surface area contributed by atoms with E-state index in [1.54, 1.807) is 13.2 Å². The summed E-state index contributed by atoms with van der Waals surface area (Å²) in [6.45, 7) is 11.1. The van der Waals surface area contributed by atoms with Crippen LogP contribution in [0.15, 0.2) is 101 Å². The Morgan fingerprint density at radius 2 is 1.28 bits per heavy atom. The quantitative estimate of drug-likeness (QED) is 0.219. The van der Waals surface area contributed by atoms with Gasteiger partial charge in [-0.15, -0.1) is 0 Å². The van der Waals surface area contributed by atoms with E-state index >= 15 is 0 Å². The number of nitriles is 2. The van der Waals surface area contributed by atoms with Crippen molar-refractivity contribution >= 4 is 23.3 Å². The van der Waals surface area contributed by atoms with Crippen molar-refractivity contribution in [3.05, 3.63) is 118 Å². The molecule has 0 amide bonds. The lowest BCUT2D eigenvalue weighted by Crippen LogP contribution is -2.29. The normalized spacial score (nSPS) is 19.5. The number of aryl methyl sites for hydroxylation is 2. The van der Waals surface area contributed by atoms with Crippen molar-refractivity contribution in [1.82, 2.24) is 0 Å². The fourth-order valence-corrected chi connectivity index (χ4v) is 7.46. The van der Waals surface area contributed by atoms with E-state index in [0.29, 0.717) is 0 Å². The number of allylic oxidation sites excluding steroid dienone is 6. The average molecular weight is 608 g/mol. The second kappa shape index (κ2) is 12.4. The molecule has 4 aliphatic rings. The third-order valence-electron chi connectivity index (χ3n) is 9.82. The third-order valence-corrected chi connectivity index (χ3v) is 9.82. The predicted octanol–water partition coefficient (Wildman–Crippen LogP) is 8.61. The fourth-order valence-electron chi connectivity index (χ4n) is 7.46. The Hall–Kier alpha value is -5.07. The van der Waals surface area contributed by atoms with Gasteiger partial charge in [-0.2, -0.15) is 10.5 Å². The number of rotatable bonds is 4. The summed E-state index contributed by atoms with van der Waals surface area (Å²) in [5, 5.41) is 17.8. The number of methoxy groups -OCH3 is 1. The second-order valence-corrected chi connectivity index (χ2v) is 13.3. The minimum atomic E-state index is -0.0950. The van der Waals surface area contributed by atoms with E-state index < -0.39 is 0 Å². The molecular weight excluding hydrogens is 566 g/mol. The van der Waals surface area contributed by atoms with Crippen LogP contribution in [0.3, 0.4) is 0 Å². The maximum absolute atomic E-state index is 8.90. The number of nitrogens with zero attached hydrogens (tertiary/aromatic N) is 5. The second-order valence-electron chi connectivity index (χ2n) is 13.3. The Kier molecular flexibility index (Phi) is 8.32. The highest BCUT2D eigenvalue weighted by molar-refractivity contribution is 5.82. The molecule has 0 bridgehead atoms. The predicted molar refractivity (Wildman–Crippen MR) is 187 cm³/mol. The molecule has 6 nitrogen and oxygen atoms in total. The topological polar surface area (TPSA) is 75.6 Å². The molecule has 232 valence electrons. The third kappa shape index (κ3) is 5.39. The molecule has 0 aliphatic carbocycles. The SMILES string of the molecule is CC1(C)/C(=C\C=C(C#N)C#N)N2CCCc3cccc1c32.COc1ccc(N=C/C=C2\N3CCCc4cccc(c43)C2(C)C)cc1. The largest absolute Gasteiger partial charge is 0.497 e. The number of para-hydroxylation sites is 2. The van der Waals surface area contributed by atoms with E-state index in [-0.39, 0.29) is 16.4 Å². The van der Waals surface area contributed by atoms with Crippen molar-refractivity contribution < 1.29 is 4.74 Å². The first kappa shape index (κ1) is 30.9. The zero-order chi connectivity index (χ0) is 32.5. The zero-order valence-corrected chi connectivity index (χ0v) is 27.5. The van der Waals surface area contributed by atoms with Crippen LogP contribution >= 0.6 is 0 Å². The molecule has 0 saturated heterocycles. The lowest BCUT2D eigenvalue weighted by Gasteiger charge is -2.30. The summed E-state index contributed by atoms with van der Waals surface area (Å²) in [6.07, 6.45) is 12.3. The number of ether oxygens (including phenoxy) is 1. The van der Waals surface area contributed by atoms with E-state index in [9.17, 15) is 0 Å². The summed E-state index contributed by atoms with van der Waals surface area (Å²) in [7, 11) is 1.68. The Bertz CT molecular complexity index is 1840. The van der Waals surface area contributed by atoms with Crippen LogP contribution in [-0.2, 0) is 23.7 Å². The fraction of sp³-hybridized carbons (Fsp3) is 0.325. The van der Waals surface area contributed by atoms with Crippen LogP contribution in [0.2, 0.25) is 0 Å². The molecule has 0 atom stereocenters. The van der Waals surface area contributed by atoms with Crippen LogP contribution in [0.25, 0.3) is 0 Å². The van der Waals surface area contributed by atoms with Crippen molar-refractivity contribution in [2.45, 2.75) is 64.2 Å². The van der Waals surface area contributed by atoms with Gasteiger partial charge in [-0.1, -0.05) is 64.1 Å². The van der Waals surface area contributed by atoms with Crippen molar-refractivity contribution in [2.75, 3.05) is 30.0 Å². The van der Waals surface area contributed by atoms with Gasteiger partial charge in [0.15, 0.2) is 0 Å². The highest BCUT2D eigenvalue weighted by atomic mass is 16.5. The maximum atomic E-state index is 8.90. The molecule has 0 unspecified atom stereocenters. The molecular formula is C40H41N5O. The molecule has 7 rings (SSSR count). The van der Waals surface area contributed by atoms with E-state index in [4.69, 9.17) is 15.3 Å². The molecule has 0 fully saturated rings. The van der Waals surface area contributed by atoms with Crippen molar-refractivity contribution in [3.63, 3.8) is 0 Å². The summed E-state index contributed by atoms with van der Waals surface area (Å²) in [5.41, 5.74) is 11.9. The molecule has 4 heterocycles. The van der Waals surface area contributed by atoms with Gasteiger partial charge in [0, 0.05) is 52.9 Å². The molecule has 0 saturated carbocycles. The Labute approximate surface area is 273 Å². The maximum Gasteiger partial charge on any atom is 0.129 e. The van der Waals surface area contributed by atoms with Gasteiger partial charge < -0.3 is 14.5 Å². The van der Waals surface area contributed by atoms with E-state index in [0.717, 1.165) is 37.4 Å². The molecule has 0 aromatic heterocycles. The lowest BCUT2D eigenvalue weighted by molar-refractivity contribution is 0.415. The molecule has 3 aromatic carbocycles. The Morgan fingerprint density at radius 1 is 0.761 bits per heavy atom. The number of aliphatic imine (C=N–C) groups is 1. The van der Waals surface area contributed by atoms with Gasteiger partial charge in [0.05, 0.1) is 12.8 Å². The van der Waals surface area contributed by atoms with Crippen LogP contribution in [0, 0.1) is 22.7 Å². The standard InChI is InChI=1S/C22H24N2O.C18H17N3/c1-22(2)19-8-4-6-16-7-5-15-24(21(16)19)20(22)13-14-23-17-9-11-18(25-3)12-10-17;1-18(2)15-7-3-5-14-6-4-10-21(17(14)15)16(18)9-8-13(11-19)12-20/h4,6,8-14H,5,7,15H2,1-3H3;3,5,7-9H,4,6,10H2,1-2H3/b20-13-,23-14?;16-9+. The minimum Gasteiger partial charge on any atom is -0.497 e. The summed E-state index contributed by atoms with van der Waals surface area (Å²) in [4.78, 5) is 9.45. The van der Waals surface area contributed by atoms with E-state index in [1.165, 1.54) is 57.9 Å². The van der Waals surface area contributed by atoms with Gasteiger partial charge >= 0.3 is 0 Å². The first-order chi connectivity index (χ1) is 22.2. The van der Waals surface area contributed by atoms with Gasteiger partial charge in [-0.3, -0.25) is 4.99 Å². The first-order valence-electron chi connectivity index (χ1n) is 16.1. The number of hydrogen-bond donors (Lipinski definition) is 0. The Morgan fingerprint density at radius 3 is 1.78 bits per heavy atom. The zero-order valence-electron chi connectivity index (χ0n) is 27.5. The summed E-state index contributed by atoms with van der Waals surface area (Å²) >= 11 is 0. The van der Waals surface area contributed by atoms with Crippen molar-refractivity contribution in [1.29, 1.82) is 10.5 Å². The summed E-state index contributed by atoms with van der Waals surface area (Å²) < 4.78 is 5.19. The number of benzene rings is 3. The monoisotopic (exact) mass is 607 g/mol.